The minimum absolute atomic E-state index is 0.0473. The second kappa shape index (κ2) is 9.35. The summed E-state index contributed by atoms with van der Waals surface area (Å²) in [7, 11) is 0. The number of ether oxygens (including phenoxy) is 1. The van der Waals surface area contributed by atoms with Crippen molar-refractivity contribution in [3.63, 3.8) is 0 Å². The van der Waals surface area contributed by atoms with E-state index in [9.17, 15) is 9.90 Å². The van der Waals surface area contributed by atoms with Gasteiger partial charge in [-0.05, 0) is 13.3 Å². The molecule has 0 aromatic heterocycles. The molecule has 2 N–H and O–H groups in total. The number of amides is 1. The molecule has 1 rings (SSSR count). The van der Waals surface area contributed by atoms with E-state index in [0.29, 0.717) is 26.0 Å². The summed E-state index contributed by atoms with van der Waals surface area (Å²) in [6, 6.07) is 0. The van der Waals surface area contributed by atoms with Crippen LogP contribution in [0.15, 0.2) is 0 Å². The standard InChI is InChI=1S/C16H31NO3/c1-3-4-5-6-7-8-9-10-15(18)17-13-16(19)11-12-20-14(16)2/h14,19H,3-13H2,1-2H3,(H,17,18). The maximum absolute atomic E-state index is 11.7. The third-order valence-corrected chi connectivity index (χ3v) is 4.26. The number of rotatable bonds is 10. The van der Waals surface area contributed by atoms with E-state index in [4.69, 9.17) is 4.74 Å². The van der Waals surface area contributed by atoms with Crippen LogP contribution in [0, 0.1) is 0 Å². The number of hydrogen-bond acceptors (Lipinski definition) is 3. The Morgan fingerprint density at radius 3 is 2.50 bits per heavy atom. The highest BCUT2D eigenvalue weighted by Gasteiger charge is 2.39. The molecule has 1 aliphatic heterocycles. The number of hydrogen-bond donors (Lipinski definition) is 2. The molecule has 0 aromatic carbocycles. The summed E-state index contributed by atoms with van der Waals surface area (Å²) in [4.78, 5) is 11.7. The second-order valence-corrected chi connectivity index (χ2v) is 6.01. The molecule has 0 aliphatic carbocycles. The van der Waals surface area contributed by atoms with E-state index in [-0.39, 0.29) is 12.0 Å². The molecule has 0 radical (unpaired) electrons. The van der Waals surface area contributed by atoms with E-state index < -0.39 is 5.60 Å². The van der Waals surface area contributed by atoms with E-state index in [0.717, 1.165) is 12.8 Å². The highest BCUT2D eigenvalue weighted by Crippen LogP contribution is 2.24. The van der Waals surface area contributed by atoms with Gasteiger partial charge in [-0.2, -0.15) is 0 Å². The molecule has 2 unspecified atom stereocenters. The first-order valence-electron chi connectivity index (χ1n) is 8.19. The number of unbranched alkanes of at least 4 members (excludes halogenated alkanes) is 6. The van der Waals surface area contributed by atoms with Gasteiger partial charge in [0.1, 0.15) is 5.60 Å². The van der Waals surface area contributed by atoms with Gasteiger partial charge in [-0.1, -0.05) is 45.4 Å². The van der Waals surface area contributed by atoms with Gasteiger partial charge in [0.15, 0.2) is 0 Å². The Balaban J connectivity index is 2.00. The Labute approximate surface area is 123 Å². The van der Waals surface area contributed by atoms with Crippen LogP contribution in [0.1, 0.15) is 71.6 Å². The van der Waals surface area contributed by atoms with Gasteiger partial charge in [0.25, 0.3) is 0 Å². The zero-order chi connectivity index (χ0) is 14.8. The Morgan fingerprint density at radius 1 is 1.25 bits per heavy atom. The van der Waals surface area contributed by atoms with Crippen molar-refractivity contribution in [1.82, 2.24) is 5.32 Å². The van der Waals surface area contributed by atoms with Crippen LogP contribution in [0.2, 0.25) is 0 Å². The van der Waals surface area contributed by atoms with Crippen LogP contribution in [0.3, 0.4) is 0 Å². The molecule has 1 fully saturated rings. The van der Waals surface area contributed by atoms with Crippen molar-refractivity contribution >= 4 is 5.91 Å². The minimum Gasteiger partial charge on any atom is -0.385 e. The Bertz CT molecular complexity index is 283. The molecule has 0 aromatic rings. The quantitative estimate of drug-likeness (QED) is 0.607. The molecule has 0 saturated carbocycles. The Hall–Kier alpha value is -0.610. The van der Waals surface area contributed by atoms with Gasteiger partial charge in [-0.15, -0.1) is 0 Å². The van der Waals surface area contributed by atoms with Gasteiger partial charge < -0.3 is 15.2 Å². The maximum Gasteiger partial charge on any atom is 0.220 e. The van der Waals surface area contributed by atoms with Gasteiger partial charge >= 0.3 is 0 Å². The van der Waals surface area contributed by atoms with Crippen molar-refractivity contribution in [3.05, 3.63) is 0 Å². The highest BCUT2D eigenvalue weighted by molar-refractivity contribution is 5.75. The summed E-state index contributed by atoms with van der Waals surface area (Å²) < 4.78 is 5.34. The second-order valence-electron chi connectivity index (χ2n) is 6.01. The first kappa shape index (κ1) is 17.4. The average molecular weight is 285 g/mol. The Morgan fingerprint density at radius 2 is 1.90 bits per heavy atom. The topological polar surface area (TPSA) is 58.6 Å². The van der Waals surface area contributed by atoms with E-state index in [2.05, 4.69) is 12.2 Å². The molecule has 20 heavy (non-hydrogen) atoms. The SMILES string of the molecule is CCCCCCCCCC(=O)NCC1(O)CCOC1C. The van der Waals surface area contributed by atoms with Gasteiger partial charge in [0.05, 0.1) is 6.10 Å². The highest BCUT2D eigenvalue weighted by atomic mass is 16.5. The molecule has 4 nitrogen and oxygen atoms in total. The van der Waals surface area contributed by atoms with Crippen LogP contribution < -0.4 is 5.32 Å². The largest absolute Gasteiger partial charge is 0.385 e. The van der Waals surface area contributed by atoms with Crippen LogP contribution >= 0.6 is 0 Å². The zero-order valence-corrected chi connectivity index (χ0v) is 13.1. The van der Waals surface area contributed by atoms with Gasteiger partial charge in [-0.25, -0.2) is 0 Å². The van der Waals surface area contributed by atoms with Crippen LogP contribution in [-0.2, 0) is 9.53 Å². The molecule has 1 amide bonds. The number of nitrogens with one attached hydrogen (secondary N) is 1. The average Bonchev–Trinajstić information content (AvgIpc) is 2.76. The lowest BCUT2D eigenvalue weighted by atomic mass is 9.96. The molecule has 1 aliphatic rings. The van der Waals surface area contributed by atoms with Crippen LogP contribution in [0.4, 0.5) is 0 Å². The fourth-order valence-corrected chi connectivity index (χ4v) is 2.59. The molecule has 4 heteroatoms. The summed E-state index contributed by atoms with van der Waals surface area (Å²) in [5, 5.41) is 13.1. The summed E-state index contributed by atoms with van der Waals surface area (Å²) in [6.07, 6.45) is 9.46. The summed E-state index contributed by atoms with van der Waals surface area (Å²) in [6.45, 7) is 4.96. The molecule has 1 saturated heterocycles. The number of carbonyl (C=O) groups excluding carboxylic acids is 1. The third kappa shape index (κ3) is 6.23. The summed E-state index contributed by atoms with van der Waals surface area (Å²) in [5.41, 5.74) is -0.879. The summed E-state index contributed by atoms with van der Waals surface area (Å²) in [5.74, 6) is 0.0473. The molecule has 0 bridgehead atoms. The molecular formula is C16H31NO3. The lowest BCUT2D eigenvalue weighted by Gasteiger charge is -2.26. The normalized spacial score (nSPS) is 25.9. The fourth-order valence-electron chi connectivity index (χ4n) is 2.59. The van der Waals surface area contributed by atoms with E-state index >= 15 is 0 Å². The van der Waals surface area contributed by atoms with Crippen molar-refractivity contribution in [2.75, 3.05) is 13.2 Å². The van der Waals surface area contributed by atoms with E-state index in [1.165, 1.54) is 32.1 Å². The van der Waals surface area contributed by atoms with Crippen molar-refractivity contribution < 1.29 is 14.6 Å². The lowest BCUT2D eigenvalue weighted by molar-refractivity contribution is -0.123. The first-order chi connectivity index (χ1) is 9.58. The maximum atomic E-state index is 11.7. The zero-order valence-electron chi connectivity index (χ0n) is 13.1. The predicted molar refractivity (Wildman–Crippen MR) is 80.6 cm³/mol. The van der Waals surface area contributed by atoms with Crippen LogP contribution in [0.5, 0.6) is 0 Å². The smallest absolute Gasteiger partial charge is 0.220 e. The number of carbonyl (C=O) groups is 1. The summed E-state index contributed by atoms with van der Waals surface area (Å²) >= 11 is 0. The van der Waals surface area contributed by atoms with Gasteiger partial charge in [0.2, 0.25) is 5.91 Å². The first-order valence-corrected chi connectivity index (χ1v) is 8.19. The van der Waals surface area contributed by atoms with Crippen molar-refractivity contribution in [2.24, 2.45) is 0 Å². The molecule has 1 heterocycles. The van der Waals surface area contributed by atoms with Crippen LogP contribution in [-0.4, -0.2) is 35.9 Å². The lowest BCUT2D eigenvalue weighted by Crippen LogP contribution is -2.47. The molecule has 0 spiro atoms. The van der Waals surface area contributed by atoms with Gasteiger partial charge in [-0.3, -0.25) is 4.79 Å². The minimum atomic E-state index is -0.879. The van der Waals surface area contributed by atoms with Crippen molar-refractivity contribution in [3.8, 4) is 0 Å². The van der Waals surface area contributed by atoms with Crippen molar-refractivity contribution in [1.29, 1.82) is 0 Å². The third-order valence-electron chi connectivity index (χ3n) is 4.26. The van der Waals surface area contributed by atoms with E-state index in [1.54, 1.807) is 0 Å². The molecule has 2 atom stereocenters. The van der Waals surface area contributed by atoms with Crippen LogP contribution in [0.25, 0.3) is 0 Å². The number of aliphatic hydroxyl groups is 1. The van der Waals surface area contributed by atoms with Gasteiger partial charge in [0, 0.05) is 26.0 Å². The Kier molecular flexibility index (Phi) is 8.15. The fraction of sp³-hybridized carbons (Fsp3) is 0.938. The monoisotopic (exact) mass is 285 g/mol. The van der Waals surface area contributed by atoms with Crippen molar-refractivity contribution in [2.45, 2.75) is 83.3 Å². The predicted octanol–water partition coefficient (Wildman–Crippen LogP) is 2.78. The molecular weight excluding hydrogens is 254 g/mol. The van der Waals surface area contributed by atoms with E-state index in [1.807, 2.05) is 6.92 Å². The molecule has 118 valence electrons.